The second-order valence-electron chi connectivity index (χ2n) is 7.15. The van der Waals surface area contributed by atoms with Crippen molar-refractivity contribution >= 4 is 5.84 Å². The highest BCUT2D eigenvalue weighted by atomic mass is 15.2. The summed E-state index contributed by atoms with van der Waals surface area (Å²) < 4.78 is 0. The van der Waals surface area contributed by atoms with E-state index in [9.17, 15) is 0 Å². The van der Waals surface area contributed by atoms with Gasteiger partial charge in [0.05, 0.1) is 5.84 Å². The van der Waals surface area contributed by atoms with Crippen molar-refractivity contribution in [1.82, 2.24) is 4.90 Å². The molecular formula is C20H40N2. The Balaban J connectivity index is 1.89. The highest BCUT2D eigenvalue weighted by Crippen LogP contribution is 2.16. The predicted octanol–water partition coefficient (Wildman–Crippen LogP) is 6.20. The summed E-state index contributed by atoms with van der Waals surface area (Å²) in [6, 6.07) is 0.683. The number of amidine groups is 1. The minimum Gasteiger partial charge on any atom is -0.358 e. The van der Waals surface area contributed by atoms with Crippen molar-refractivity contribution in [3.63, 3.8) is 0 Å². The lowest BCUT2D eigenvalue weighted by molar-refractivity contribution is 0.291. The average molecular weight is 309 g/mol. The number of unbranched alkanes of at least 4 members (excludes halogenated alkanes) is 10. The number of rotatable bonds is 13. The quantitative estimate of drug-likeness (QED) is 0.370. The van der Waals surface area contributed by atoms with Gasteiger partial charge in [0, 0.05) is 19.1 Å². The molecule has 0 aromatic carbocycles. The Labute approximate surface area is 139 Å². The van der Waals surface area contributed by atoms with Crippen molar-refractivity contribution in [1.29, 1.82) is 0 Å². The lowest BCUT2D eigenvalue weighted by atomic mass is 10.0. The highest BCUT2D eigenvalue weighted by molar-refractivity contribution is 5.80. The smallest absolute Gasteiger partial charge is 0.0959 e. The maximum atomic E-state index is 4.58. The molecule has 130 valence electrons. The van der Waals surface area contributed by atoms with Gasteiger partial charge in [-0.25, -0.2) is 0 Å². The maximum Gasteiger partial charge on any atom is 0.0959 e. The first-order valence-electron chi connectivity index (χ1n) is 10.0. The molecule has 0 spiro atoms. The molecule has 1 rings (SSSR count). The third-order valence-corrected chi connectivity index (χ3v) is 5.07. The van der Waals surface area contributed by atoms with E-state index in [-0.39, 0.29) is 0 Å². The first-order valence-corrected chi connectivity index (χ1v) is 10.0. The van der Waals surface area contributed by atoms with E-state index in [1.807, 2.05) is 0 Å². The van der Waals surface area contributed by atoms with E-state index in [1.54, 1.807) is 0 Å². The Morgan fingerprint density at radius 3 is 2.00 bits per heavy atom. The van der Waals surface area contributed by atoms with Crippen LogP contribution in [0.5, 0.6) is 0 Å². The third-order valence-electron chi connectivity index (χ3n) is 5.07. The zero-order chi connectivity index (χ0) is 16.0. The standard InChI is InChI=1S/C20H40N2/c1-4-5-6-7-8-9-10-11-12-13-14-16-19(2)22-18-15-17-21-20(22)3/h19H,4-18H2,1-3H3/t19-/m1/s1. The van der Waals surface area contributed by atoms with E-state index >= 15 is 0 Å². The molecule has 1 atom stereocenters. The van der Waals surface area contributed by atoms with Gasteiger partial charge in [-0.2, -0.15) is 0 Å². The topological polar surface area (TPSA) is 15.6 Å². The van der Waals surface area contributed by atoms with Crippen LogP contribution in [0.25, 0.3) is 0 Å². The van der Waals surface area contributed by atoms with Crippen molar-refractivity contribution in [3.05, 3.63) is 0 Å². The van der Waals surface area contributed by atoms with Gasteiger partial charge in [0.25, 0.3) is 0 Å². The van der Waals surface area contributed by atoms with Crippen molar-refractivity contribution in [2.75, 3.05) is 13.1 Å². The van der Waals surface area contributed by atoms with E-state index in [2.05, 4.69) is 30.7 Å². The minimum atomic E-state index is 0.683. The van der Waals surface area contributed by atoms with Crippen LogP contribution in [-0.4, -0.2) is 29.9 Å². The SMILES string of the molecule is CCCCCCCCCCCCC[C@@H](C)N1CCCN=C1C. The Morgan fingerprint density at radius 1 is 0.909 bits per heavy atom. The molecule has 0 amide bonds. The second kappa shape index (κ2) is 13.0. The van der Waals surface area contributed by atoms with Gasteiger partial charge in [-0.05, 0) is 26.7 Å². The summed E-state index contributed by atoms with van der Waals surface area (Å²) in [5.74, 6) is 1.27. The van der Waals surface area contributed by atoms with Crippen LogP contribution < -0.4 is 0 Å². The van der Waals surface area contributed by atoms with Crippen molar-refractivity contribution in [2.45, 2.75) is 110 Å². The second-order valence-corrected chi connectivity index (χ2v) is 7.15. The maximum absolute atomic E-state index is 4.58. The molecule has 0 fully saturated rings. The van der Waals surface area contributed by atoms with Crippen molar-refractivity contribution in [3.8, 4) is 0 Å². The van der Waals surface area contributed by atoms with Crippen LogP contribution in [-0.2, 0) is 0 Å². The normalized spacial score (nSPS) is 16.7. The van der Waals surface area contributed by atoms with Gasteiger partial charge in [-0.3, -0.25) is 4.99 Å². The van der Waals surface area contributed by atoms with Crippen LogP contribution in [0.2, 0.25) is 0 Å². The molecule has 1 aliphatic heterocycles. The molecule has 0 aromatic heterocycles. The van der Waals surface area contributed by atoms with E-state index in [1.165, 1.54) is 95.9 Å². The summed E-state index contributed by atoms with van der Waals surface area (Å²) in [5, 5.41) is 0. The molecule has 2 nitrogen and oxygen atoms in total. The van der Waals surface area contributed by atoms with Gasteiger partial charge in [0.1, 0.15) is 0 Å². The first-order chi connectivity index (χ1) is 10.8. The van der Waals surface area contributed by atoms with E-state index in [0.717, 1.165) is 6.54 Å². The van der Waals surface area contributed by atoms with Crippen molar-refractivity contribution in [2.24, 2.45) is 4.99 Å². The summed E-state index contributed by atoms with van der Waals surface area (Å²) in [5.41, 5.74) is 0. The molecule has 0 bridgehead atoms. The Bertz CT molecular complexity index is 285. The summed E-state index contributed by atoms with van der Waals surface area (Å²) in [7, 11) is 0. The predicted molar refractivity (Wildman–Crippen MR) is 99.8 cm³/mol. The summed E-state index contributed by atoms with van der Waals surface area (Å²) >= 11 is 0. The fourth-order valence-electron chi connectivity index (χ4n) is 3.53. The minimum absolute atomic E-state index is 0.683. The third kappa shape index (κ3) is 8.80. The monoisotopic (exact) mass is 308 g/mol. The number of hydrogen-bond acceptors (Lipinski definition) is 2. The van der Waals surface area contributed by atoms with E-state index in [0.29, 0.717) is 6.04 Å². The van der Waals surface area contributed by atoms with Crippen LogP contribution in [0.1, 0.15) is 104 Å². The Morgan fingerprint density at radius 2 is 1.45 bits per heavy atom. The number of aliphatic imine (C=N–C) groups is 1. The summed E-state index contributed by atoms with van der Waals surface area (Å²) in [4.78, 5) is 7.09. The average Bonchev–Trinajstić information content (AvgIpc) is 2.53. The number of nitrogens with zero attached hydrogens (tertiary/aromatic N) is 2. The van der Waals surface area contributed by atoms with Crippen LogP contribution in [0.3, 0.4) is 0 Å². The summed E-state index contributed by atoms with van der Waals surface area (Å²) in [6.07, 6.45) is 18.4. The molecule has 1 heterocycles. The Kier molecular flexibility index (Phi) is 11.5. The van der Waals surface area contributed by atoms with E-state index < -0.39 is 0 Å². The van der Waals surface area contributed by atoms with Gasteiger partial charge in [-0.15, -0.1) is 0 Å². The fourth-order valence-corrected chi connectivity index (χ4v) is 3.53. The van der Waals surface area contributed by atoms with E-state index in [4.69, 9.17) is 0 Å². The zero-order valence-electron chi connectivity index (χ0n) is 15.6. The summed E-state index contributed by atoms with van der Waals surface area (Å²) in [6.45, 7) is 9.10. The van der Waals surface area contributed by atoms with Crippen LogP contribution >= 0.6 is 0 Å². The lowest BCUT2D eigenvalue weighted by Gasteiger charge is -2.33. The van der Waals surface area contributed by atoms with Gasteiger partial charge in [0.15, 0.2) is 0 Å². The van der Waals surface area contributed by atoms with Crippen LogP contribution in [0.4, 0.5) is 0 Å². The lowest BCUT2D eigenvalue weighted by Crippen LogP contribution is -2.40. The molecule has 0 saturated carbocycles. The van der Waals surface area contributed by atoms with Gasteiger partial charge in [0.2, 0.25) is 0 Å². The molecule has 0 unspecified atom stereocenters. The molecule has 1 aliphatic rings. The molecule has 0 aliphatic carbocycles. The van der Waals surface area contributed by atoms with Crippen LogP contribution in [0.15, 0.2) is 4.99 Å². The van der Waals surface area contributed by atoms with Gasteiger partial charge < -0.3 is 4.90 Å². The molecular weight excluding hydrogens is 268 g/mol. The van der Waals surface area contributed by atoms with Crippen LogP contribution in [0, 0.1) is 0 Å². The highest BCUT2D eigenvalue weighted by Gasteiger charge is 2.16. The fraction of sp³-hybridized carbons (Fsp3) is 0.950. The largest absolute Gasteiger partial charge is 0.358 e. The molecule has 0 radical (unpaired) electrons. The Hall–Kier alpha value is -0.530. The first kappa shape index (κ1) is 19.5. The zero-order valence-corrected chi connectivity index (χ0v) is 15.6. The molecule has 0 saturated heterocycles. The van der Waals surface area contributed by atoms with Gasteiger partial charge in [-0.1, -0.05) is 77.6 Å². The molecule has 22 heavy (non-hydrogen) atoms. The molecule has 2 heteroatoms. The van der Waals surface area contributed by atoms with Crippen molar-refractivity contribution < 1.29 is 0 Å². The molecule has 0 aromatic rings. The number of hydrogen-bond donors (Lipinski definition) is 0. The van der Waals surface area contributed by atoms with Gasteiger partial charge >= 0.3 is 0 Å². The molecule has 0 N–H and O–H groups in total.